The molecular weight excluding hydrogens is 292 g/mol. The lowest BCUT2D eigenvalue weighted by Gasteiger charge is -2.22. The summed E-state index contributed by atoms with van der Waals surface area (Å²) in [7, 11) is 0. The second kappa shape index (κ2) is 6.81. The first kappa shape index (κ1) is 15.5. The Bertz CT molecular complexity index is 654. The van der Waals surface area contributed by atoms with E-state index in [1.54, 1.807) is 4.90 Å². The maximum Gasteiger partial charge on any atom is 0.318 e. The van der Waals surface area contributed by atoms with Crippen molar-refractivity contribution in [2.24, 2.45) is 0 Å². The monoisotopic (exact) mass is 314 g/mol. The number of carbonyl (C=O) groups is 1. The van der Waals surface area contributed by atoms with Gasteiger partial charge in [-0.1, -0.05) is 49.3 Å². The number of amides is 2. The van der Waals surface area contributed by atoms with E-state index in [-0.39, 0.29) is 18.0 Å². The van der Waals surface area contributed by atoms with E-state index in [9.17, 15) is 4.79 Å². The molecule has 122 valence electrons. The highest BCUT2D eigenvalue weighted by molar-refractivity contribution is 5.74. The van der Waals surface area contributed by atoms with Gasteiger partial charge in [0, 0.05) is 19.0 Å². The molecule has 1 unspecified atom stereocenters. The van der Waals surface area contributed by atoms with Crippen LogP contribution in [0.4, 0.5) is 4.79 Å². The number of hydrogen-bond acceptors (Lipinski definition) is 4. The summed E-state index contributed by atoms with van der Waals surface area (Å²) >= 11 is 0. The summed E-state index contributed by atoms with van der Waals surface area (Å²) in [5.74, 6) is 1.45. The molecule has 0 spiro atoms. The predicted octanol–water partition coefficient (Wildman–Crippen LogP) is 3.24. The number of benzene rings is 1. The van der Waals surface area contributed by atoms with E-state index in [0.717, 1.165) is 18.4 Å². The number of hydrogen-bond donors (Lipinski definition) is 1. The summed E-state index contributed by atoms with van der Waals surface area (Å²) < 4.78 is 5.37. The maximum atomic E-state index is 12.5. The number of nitrogens with one attached hydrogen (secondary N) is 1. The molecule has 1 aliphatic rings. The Balaban J connectivity index is 1.64. The fourth-order valence-electron chi connectivity index (χ4n) is 2.76. The summed E-state index contributed by atoms with van der Waals surface area (Å²) in [4.78, 5) is 18.7. The Morgan fingerprint density at radius 1 is 1.39 bits per heavy atom. The van der Waals surface area contributed by atoms with Gasteiger partial charge in [0.15, 0.2) is 5.82 Å². The molecule has 6 heteroatoms. The molecule has 2 heterocycles. The molecule has 1 N–H and O–H groups in total. The molecular formula is C17H22N4O2. The number of carbonyl (C=O) groups excluding carboxylic acids is 1. The van der Waals surface area contributed by atoms with Gasteiger partial charge >= 0.3 is 6.03 Å². The Morgan fingerprint density at radius 2 is 2.17 bits per heavy atom. The van der Waals surface area contributed by atoms with Crippen LogP contribution >= 0.6 is 0 Å². The number of rotatable bonds is 4. The first-order valence-electron chi connectivity index (χ1n) is 8.07. The lowest BCUT2D eigenvalue weighted by Crippen LogP contribution is -2.39. The smallest absolute Gasteiger partial charge is 0.318 e. The van der Waals surface area contributed by atoms with Gasteiger partial charge < -0.3 is 14.7 Å². The van der Waals surface area contributed by atoms with Gasteiger partial charge in [-0.15, -0.1) is 0 Å². The van der Waals surface area contributed by atoms with E-state index in [0.29, 0.717) is 24.8 Å². The van der Waals surface area contributed by atoms with E-state index in [1.807, 2.05) is 44.2 Å². The quantitative estimate of drug-likeness (QED) is 0.940. The van der Waals surface area contributed by atoms with Crippen LogP contribution in [0.15, 0.2) is 34.9 Å². The normalized spacial score (nSPS) is 17.7. The van der Waals surface area contributed by atoms with Gasteiger partial charge in [-0.3, -0.25) is 0 Å². The largest absolute Gasteiger partial charge is 0.337 e. The molecule has 2 amide bonds. The van der Waals surface area contributed by atoms with Crippen molar-refractivity contribution >= 4 is 6.03 Å². The number of likely N-dealkylation sites (tertiary alicyclic amines) is 1. The van der Waals surface area contributed by atoms with Crippen molar-refractivity contribution in [1.29, 1.82) is 0 Å². The highest BCUT2D eigenvalue weighted by atomic mass is 16.5. The molecule has 6 nitrogen and oxygen atoms in total. The van der Waals surface area contributed by atoms with Crippen LogP contribution in [-0.4, -0.2) is 27.6 Å². The van der Waals surface area contributed by atoms with Crippen LogP contribution in [0.2, 0.25) is 0 Å². The van der Waals surface area contributed by atoms with Crippen LogP contribution < -0.4 is 5.32 Å². The van der Waals surface area contributed by atoms with Crippen LogP contribution in [0, 0.1) is 0 Å². The highest BCUT2D eigenvalue weighted by Gasteiger charge is 2.34. The van der Waals surface area contributed by atoms with Gasteiger partial charge in [0.1, 0.15) is 6.04 Å². The minimum absolute atomic E-state index is 0.0827. The number of aromatic nitrogens is 2. The third-order valence-corrected chi connectivity index (χ3v) is 4.06. The average Bonchev–Trinajstić information content (AvgIpc) is 3.22. The van der Waals surface area contributed by atoms with Crippen molar-refractivity contribution in [2.75, 3.05) is 6.54 Å². The number of urea groups is 1. The minimum atomic E-state index is -0.120. The minimum Gasteiger partial charge on any atom is -0.337 e. The van der Waals surface area contributed by atoms with Gasteiger partial charge in [0.2, 0.25) is 5.89 Å². The summed E-state index contributed by atoms with van der Waals surface area (Å²) in [6.07, 6.45) is 1.81. The van der Waals surface area contributed by atoms with Crippen molar-refractivity contribution in [3.8, 4) is 0 Å². The van der Waals surface area contributed by atoms with E-state index in [1.165, 1.54) is 0 Å². The Hall–Kier alpha value is -2.37. The van der Waals surface area contributed by atoms with Gasteiger partial charge in [0.05, 0.1) is 0 Å². The molecule has 0 bridgehead atoms. The van der Waals surface area contributed by atoms with Crippen LogP contribution in [0.1, 0.15) is 55.9 Å². The molecule has 0 aliphatic carbocycles. The van der Waals surface area contributed by atoms with Crippen molar-refractivity contribution in [2.45, 2.75) is 45.2 Å². The first-order valence-corrected chi connectivity index (χ1v) is 8.07. The first-order chi connectivity index (χ1) is 11.1. The number of nitrogens with zero attached hydrogens (tertiary/aromatic N) is 3. The molecule has 0 saturated carbocycles. The zero-order valence-electron chi connectivity index (χ0n) is 13.5. The summed E-state index contributed by atoms with van der Waals surface area (Å²) in [6.45, 7) is 5.27. The molecule has 1 saturated heterocycles. The highest BCUT2D eigenvalue weighted by Crippen LogP contribution is 2.31. The van der Waals surface area contributed by atoms with Gasteiger partial charge in [-0.25, -0.2) is 4.79 Å². The van der Waals surface area contributed by atoms with Gasteiger partial charge in [0.25, 0.3) is 0 Å². The topological polar surface area (TPSA) is 71.3 Å². The average molecular weight is 314 g/mol. The molecule has 3 rings (SSSR count). The summed E-state index contributed by atoms with van der Waals surface area (Å²) in [5, 5.41) is 6.97. The Kier molecular flexibility index (Phi) is 4.60. The Morgan fingerprint density at radius 3 is 2.87 bits per heavy atom. The lowest BCUT2D eigenvalue weighted by atomic mass is 10.2. The molecule has 2 aromatic rings. The summed E-state index contributed by atoms with van der Waals surface area (Å²) in [6, 6.07) is 9.68. The molecule has 0 radical (unpaired) electrons. The van der Waals surface area contributed by atoms with E-state index >= 15 is 0 Å². The van der Waals surface area contributed by atoms with Gasteiger partial charge in [-0.05, 0) is 18.4 Å². The second-order valence-electron chi connectivity index (χ2n) is 6.14. The van der Waals surface area contributed by atoms with E-state index in [2.05, 4.69) is 15.5 Å². The third kappa shape index (κ3) is 3.52. The van der Waals surface area contributed by atoms with Crippen molar-refractivity contribution in [3.63, 3.8) is 0 Å². The standard InChI is InChI=1S/C17H22N4O2/c1-12(2)15-19-16(23-20-15)14-9-6-10-21(14)17(22)18-11-13-7-4-3-5-8-13/h3-5,7-8,12,14H,6,9-11H2,1-2H3,(H,18,22). The Labute approximate surface area is 135 Å². The van der Waals surface area contributed by atoms with Crippen LogP contribution in [-0.2, 0) is 6.54 Å². The van der Waals surface area contributed by atoms with Crippen LogP contribution in [0.5, 0.6) is 0 Å². The fraction of sp³-hybridized carbons (Fsp3) is 0.471. The molecule has 23 heavy (non-hydrogen) atoms. The van der Waals surface area contributed by atoms with Crippen molar-refractivity contribution in [3.05, 3.63) is 47.6 Å². The fourth-order valence-corrected chi connectivity index (χ4v) is 2.76. The van der Waals surface area contributed by atoms with E-state index in [4.69, 9.17) is 4.52 Å². The lowest BCUT2D eigenvalue weighted by molar-refractivity contribution is 0.180. The molecule has 1 atom stereocenters. The molecule has 1 aromatic carbocycles. The molecule has 1 aromatic heterocycles. The van der Waals surface area contributed by atoms with Crippen LogP contribution in [0.3, 0.4) is 0 Å². The predicted molar refractivity (Wildman–Crippen MR) is 85.7 cm³/mol. The molecule has 1 aliphatic heterocycles. The zero-order valence-corrected chi connectivity index (χ0v) is 13.5. The SMILES string of the molecule is CC(C)c1noc(C2CCCN2C(=O)NCc2ccccc2)n1. The van der Waals surface area contributed by atoms with Crippen molar-refractivity contribution in [1.82, 2.24) is 20.4 Å². The van der Waals surface area contributed by atoms with E-state index < -0.39 is 0 Å². The summed E-state index contributed by atoms with van der Waals surface area (Å²) in [5.41, 5.74) is 1.08. The van der Waals surface area contributed by atoms with Crippen molar-refractivity contribution < 1.29 is 9.32 Å². The maximum absolute atomic E-state index is 12.5. The second-order valence-corrected chi connectivity index (χ2v) is 6.14. The zero-order chi connectivity index (χ0) is 16.2. The van der Waals surface area contributed by atoms with Gasteiger partial charge in [-0.2, -0.15) is 4.98 Å². The van der Waals surface area contributed by atoms with Crippen LogP contribution in [0.25, 0.3) is 0 Å². The molecule has 1 fully saturated rings. The third-order valence-electron chi connectivity index (χ3n) is 4.06.